The third kappa shape index (κ3) is 5.08. The van der Waals surface area contributed by atoms with Crippen LogP contribution in [0.2, 0.25) is 10.0 Å². The Balaban J connectivity index is 1.74. The topological polar surface area (TPSA) is 83.5 Å². The van der Waals surface area contributed by atoms with E-state index in [1.165, 1.54) is 30.4 Å². The minimum absolute atomic E-state index is 0.0153. The van der Waals surface area contributed by atoms with Crippen LogP contribution in [0.15, 0.2) is 54.6 Å². The van der Waals surface area contributed by atoms with Crippen LogP contribution in [0.3, 0.4) is 0 Å². The summed E-state index contributed by atoms with van der Waals surface area (Å²) in [4.78, 5) is 37.3. The lowest BCUT2D eigenvalue weighted by Crippen LogP contribution is -2.42. The monoisotopic (exact) mass is 461 g/mol. The predicted molar refractivity (Wildman–Crippen MR) is 119 cm³/mol. The van der Waals surface area contributed by atoms with Gasteiger partial charge in [-0.15, -0.1) is 11.3 Å². The second-order valence-corrected chi connectivity index (χ2v) is 8.48. The predicted octanol–water partition coefficient (Wildman–Crippen LogP) is 5.35. The van der Waals surface area contributed by atoms with Gasteiger partial charge in [0.1, 0.15) is 6.04 Å². The van der Waals surface area contributed by atoms with Crippen LogP contribution in [-0.4, -0.2) is 28.8 Å². The normalized spacial score (nSPS) is 11.7. The molecule has 1 aromatic heterocycles. The Morgan fingerprint density at radius 1 is 1.00 bits per heavy atom. The maximum absolute atomic E-state index is 12.5. The van der Waals surface area contributed by atoms with Crippen molar-refractivity contribution in [2.45, 2.75) is 19.4 Å². The van der Waals surface area contributed by atoms with E-state index in [0.29, 0.717) is 4.88 Å². The lowest BCUT2D eigenvalue weighted by molar-refractivity contribution is -0.139. The van der Waals surface area contributed by atoms with E-state index in [9.17, 15) is 19.5 Å². The van der Waals surface area contributed by atoms with Crippen molar-refractivity contribution >= 4 is 52.2 Å². The lowest BCUT2D eigenvalue weighted by atomic mass is 10.0. The number of hydrogen-bond acceptors (Lipinski definition) is 4. The fourth-order valence-electron chi connectivity index (χ4n) is 2.87. The number of halogens is 2. The molecule has 2 N–H and O–H groups in total. The van der Waals surface area contributed by atoms with E-state index in [4.69, 9.17) is 23.2 Å². The number of carboxylic acids is 1. The second kappa shape index (κ2) is 9.43. The molecule has 0 aliphatic heterocycles. The number of carbonyl (C=O) groups excluding carboxylic acids is 2. The van der Waals surface area contributed by atoms with Gasteiger partial charge < -0.3 is 10.4 Å². The molecule has 0 bridgehead atoms. The third-order valence-corrected chi connectivity index (χ3v) is 6.29. The van der Waals surface area contributed by atoms with E-state index in [0.717, 1.165) is 16.0 Å². The molecule has 2 aromatic carbocycles. The molecule has 1 atom stereocenters. The number of carbonyl (C=O) groups is 3. The van der Waals surface area contributed by atoms with Crippen LogP contribution >= 0.6 is 34.5 Å². The Bertz CT molecular complexity index is 1090. The Morgan fingerprint density at radius 3 is 2.17 bits per heavy atom. The van der Waals surface area contributed by atoms with Crippen LogP contribution in [0, 0.1) is 0 Å². The Hall–Kier alpha value is -2.67. The average molecular weight is 462 g/mol. The van der Waals surface area contributed by atoms with Crippen LogP contribution in [0.25, 0.3) is 10.4 Å². The van der Waals surface area contributed by atoms with Crippen molar-refractivity contribution in [2.75, 3.05) is 0 Å². The van der Waals surface area contributed by atoms with Gasteiger partial charge in [0.05, 0.1) is 20.5 Å². The smallest absolute Gasteiger partial charge is 0.326 e. The number of thiophene rings is 1. The second-order valence-electron chi connectivity index (χ2n) is 6.58. The van der Waals surface area contributed by atoms with Crippen molar-refractivity contribution in [1.82, 2.24) is 5.32 Å². The number of rotatable bonds is 7. The average Bonchev–Trinajstić information content (AvgIpc) is 3.18. The van der Waals surface area contributed by atoms with Crippen LogP contribution in [0.5, 0.6) is 0 Å². The molecule has 1 heterocycles. The molecule has 3 rings (SSSR count). The number of ketones is 1. The molecule has 8 heteroatoms. The summed E-state index contributed by atoms with van der Waals surface area (Å²) in [5.41, 5.74) is 1.71. The third-order valence-electron chi connectivity index (χ3n) is 4.42. The number of hydrogen-bond donors (Lipinski definition) is 2. The molecule has 0 aliphatic carbocycles. The van der Waals surface area contributed by atoms with Crippen LogP contribution < -0.4 is 5.32 Å². The molecular weight excluding hydrogens is 445 g/mol. The summed E-state index contributed by atoms with van der Waals surface area (Å²) in [5, 5.41) is 12.3. The SMILES string of the molecule is CC(=O)c1ccc(-c2ccc(C[C@H](NC(=O)c3c(Cl)cccc3Cl)C(=O)O)cc2)s1. The number of nitrogens with one attached hydrogen (secondary N) is 1. The molecule has 0 saturated carbocycles. The Labute approximate surface area is 187 Å². The van der Waals surface area contributed by atoms with E-state index in [1.54, 1.807) is 24.3 Å². The standard InChI is InChI=1S/C22H17Cl2NO4S/c1-12(26)18-9-10-19(30-18)14-7-5-13(6-8-14)11-17(22(28)29)25-21(27)20-15(23)3-2-4-16(20)24/h2-10,17H,11H2,1H3,(H,25,27)(H,28,29)/t17-/m0/s1. The van der Waals surface area contributed by atoms with E-state index in [2.05, 4.69) is 5.32 Å². The summed E-state index contributed by atoms with van der Waals surface area (Å²) >= 11 is 13.5. The Morgan fingerprint density at radius 2 is 1.63 bits per heavy atom. The van der Waals surface area contributed by atoms with Gasteiger partial charge in [0.2, 0.25) is 0 Å². The molecule has 0 aliphatic rings. The van der Waals surface area contributed by atoms with Crippen LogP contribution in [0.1, 0.15) is 32.5 Å². The van der Waals surface area contributed by atoms with E-state index >= 15 is 0 Å². The summed E-state index contributed by atoms with van der Waals surface area (Å²) in [6.07, 6.45) is 0.0898. The van der Waals surface area contributed by atoms with Gasteiger partial charge in [0.15, 0.2) is 5.78 Å². The van der Waals surface area contributed by atoms with Gasteiger partial charge in [-0.3, -0.25) is 9.59 Å². The lowest BCUT2D eigenvalue weighted by Gasteiger charge is -2.16. The molecule has 154 valence electrons. The minimum Gasteiger partial charge on any atom is -0.480 e. The quantitative estimate of drug-likeness (QED) is 0.464. The van der Waals surface area contributed by atoms with Crippen molar-refractivity contribution in [3.8, 4) is 10.4 Å². The molecule has 0 saturated heterocycles. The molecule has 0 spiro atoms. The van der Waals surface area contributed by atoms with Gasteiger partial charge in [0, 0.05) is 11.3 Å². The van der Waals surface area contributed by atoms with Gasteiger partial charge in [0.25, 0.3) is 5.91 Å². The maximum atomic E-state index is 12.5. The number of amides is 1. The van der Waals surface area contributed by atoms with Gasteiger partial charge >= 0.3 is 5.97 Å². The van der Waals surface area contributed by atoms with Gasteiger partial charge in [-0.25, -0.2) is 4.79 Å². The highest BCUT2D eigenvalue weighted by atomic mass is 35.5. The van der Waals surface area contributed by atoms with Crippen LogP contribution in [-0.2, 0) is 11.2 Å². The first-order chi connectivity index (χ1) is 14.3. The zero-order valence-electron chi connectivity index (χ0n) is 15.8. The van der Waals surface area contributed by atoms with E-state index < -0.39 is 17.9 Å². The summed E-state index contributed by atoms with van der Waals surface area (Å²) in [6, 6.07) is 14.5. The van der Waals surface area contributed by atoms with Crippen molar-refractivity contribution < 1.29 is 19.5 Å². The van der Waals surface area contributed by atoms with E-state index in [-0.39, 0.29) is 27.8 Å². The first kappa shape index (κ1) is 22.0. The van der Waals surface area contributed by atoms with Gasteiger partial charge in [-0.05, 0) is 42.3 Å². The highest BCUT2D eigenvalue weighted by Gasteiger charge is 2.23. The fourth-order valence-corrected chi connectivity index (χ4v) is 4.34. The highest BCUT2D eigenvalue weighted by molar-refractivity contribution is 7.17. The fraction of sp³-hybridized carbons (Fsp3) is 0.136. The maximum Gasteiger partial charge on any atom is 0.326 e. The summed E-state index contributed by atoms with van der Waals surface area (Å²) < 4.78 is 0. The van der Waals surface area contributed by atoms with Crippen molar-refractivity contribution in [3.63, 3.8) is 0 Å². The summed E-state index contributed by atoms with van der Waals surface area (Å²) in [7, 11) is 0. The molecular formula is C22H17Cl2NO4S. The zero-order chi connectivity index (χ0) is 21.8. The Kier molecular flexibility index (Phi) is 6.92. The zero-order valence-corrected chi connectivity index (χ0v) is 18.1. The van der Waals surface area contributed by atoms with E-state index in [1.807, 2.05) is 18.2 Å². The summed E-state index contributed by atoms with van der Waals surface area (Å²) in [5.74, 6) is -1.80. The molecule has 0 radical (unpaired) electrons. The number of carboxylic acid groups (broad SMARTS) is 1. The minimum atomic E-state index is -1.17. The van der Waals surface area contributed by atoms with Crippen molar-refractivity contribution in [1.29, 1.82) is 0 Å². The first-order valence-electron chi connectivity index (χ1n) is 8.94. The highest BCUT2D eigenvalue weighted by Crippen LogP contribution is 2.29. The van der Waals surface area contributed by atoms with Crippen molar-refractivity contribution in [3.05, 3.63) is 80.6 Å². The molecule has 5 nitrogen and oxygen atoms in total. The molecule has 3 aromatic rings. The largest absolute Gasteiger partial charge is 0.480 e. The molecule has 1 amide bonds. The summed E-state index contributed by atoms with van der Waals surface area (Å²) in [6.45, 7) is 1.52. The van der Waals surface area contributed by atoms with Crippen molar-refractivity contribution in [2.24, 2.45) is 0 Å². The number of Topliss-reactive ketones (excluding diaryl/α,β-unsaturated/α-hetero) is 1. The molecule has 30 heavy (non-hydrogen) atoms. The number of aliphatic carboxylic acids is 1. The van der Waals surface area contributed by atoms with Gasteiger partial charge in [-0.2, -0.15) is 0 Å². The van der Waals surface area contributed by atoms with Crippen LogP contribution in [0.4, 0.5) is 0 Å². The van der Waals surface area contributed by atoms with Gasteiger partial charge in [-0.1, -0.05) is 53.5 Å². The first-order valence-corrected chi connectivity index (χ1v) is 10.5. The molecule has 0 unspecified atom stereocenters. The molecule has 0 fully saturated rings. The number of benzene rings is 2.